The summed E-state index contributed by atoms with van der Waals surface area (Å²) in [6, 6.07) is -0.712. The highest BCUT2D eigenvalue weighted by Gasteiger charge is 2.51. The van der Waals surface area contributed by atoms with Crippen molar-refractivity contribution in [1.29, 1.82) is 0 Å². The molecule has 0 aromatic carbocycles. The van der Waals surface area contributed by atoms with Crippen molar-refractivity contribution in [3.8, 4) is 0 Å². The molecular weight excluding hydrogens is 266 g/mol. The van der Waals surface area contributed by atoms with E-state index < -0.39 is 12.0 Å². The van der Waals surface area contributed by atoms with Gasteiger partial charge in [-0.1, -0.05) is 13.3 Å². The number of carbonyl (C=O) groups is 2. The molecule has 0 spiro atoms. The quantitative estimate of drug-likeness (QED) is 0.791. The van der Waals surface area contributed by atoms with Gasteiger partial charge in [-0.05, 0) is 68.1 Å². The normalized spacial score (nSPS) is 38.2. The Morgan fingerprint density at radius 3 is 2.10 bits per heavy atom. The fourth-order valence-electron chi connectivity index (χ4n) is 5.64. The van der Waals surface area contributed by atoms with Gasteiger partial charge in [0.15, 0.2) is 0 Å². The van der Waals surface area contributed by atoms with Crippen molar-refractivity contribution < 1.29 is 14.7 Å². The zero-order chi connectivity index (χ0) is 15.0. The summed E-state index contributed by atoms with van der Waals surface area (Å²) in [6.07, 6.45) is 9.52. The lowest BCUT2D eigenvalue weighted by molar-refractivity contribution is -0.143. The molecule has 0 aliphatic heterocycles. The van der Waals surface area contributed by atoms with E-state index in [0.717, 1.165) is 24.2 Å². The molecule has 4 rings (SSSR count). The molecule has 4 bridgehead atoms. The van der Waals surface area contributed by atoms with E-state index in [1.54, 1.807) is 0 Å². The predicted molar refractivity (Wildman–Crippen MR) is 79.7 cm³/mol. The van der Waals surface area contributed by atoms with E-state index in [4.69, 9.17) is 5.11 Å². The number of carbonyl (C=O) groups excluding carboxylic acids is 1. The van der Waals surface area contributed by atoms with Crippen LogP contribution < -0.4 is 5.32 Å². The molecule has 4 saturated carbocycles. The van der Waals surface area contributed by atoms with Crippen molar-refractivity contribution >= 4 is 11.9 Å². The SMILES string of the molecule is CCC[C@H](NC(=O)CC12CC3CC(CC(C3)C1)C2)C(=O)O. The van der Waals surface area contributed by atoms with Gasteiger partial charge in [0, 0.05) is 6.42 Å². The summed E-state index contributed by atoms with van der Waals surface area (Å²) in [5, 5.41) is 11.9. The highest BCUT2D eigenvalue weighted by atomic mass is 16.4. The monoisotopic (exact) mass is 293 g/mol. The number of hydrogen-bond donors (Lipinski definition) is 2. The van der Waals surface area contributed by atoms with Gasteiger partial charge in [0.1, 0.15) is 6.04 Å². The number of nitrogens with one attached hydrogen (secondary N) is 1. The first-order valence-electron chi connectivity index (χ1n) is 8.52. The van der Waals surface area contributed by atoms with Crippen LogP contribution in [0.25, 0.3) is 0 Å². The van der Waals surface area contributed by atoms with Gasteiger partial charge in [0.25, 0.3) is 0 Å². The first-order valence-corrected chi connectivity index (χ1v) is 8.52. The Morgan fingerprint density at radius 1 is 1.14 bits per heavy atom. The molecule has 1 atom stereocenters. The fourth-order valence-corrected chi connectivity index (χ4v) is 5.64. The van der Waals surface area contributed by atoms with Crippen molar-refractivity contribution in [3.63, 3.8) is 0 Å². The first kappa shape index (κ1) is 14.9. The molecule has 118 valence electrons. The van der Waals surface area contributed by atoms with Gasteiger partial charge >= 0.3 is 5.97 Å². The van der Waals surface area contributed by atoms with Crippen molar-refractivity contribution in [2.24, 2.45) is 23.2 Å². The van der Waals surface area contributed by atoms with E-state index in [2.05, 4.69) is 5.32 Å². The van der Waals surface area contributed by atoms with Crippen molar-refractivity contribution in [2.45, 2.75) is 70.8 Å². The minimum atomic E-state index is -0.907. The minimum absolute atomic E-state index is 0.0437. The lowest BCUT2D eigenvalue weighted by Crippen LogP contribution is -2.49. The van der Waals surface area contributed by atoms with Crippen LogP contribution in [0.1, 0.15) is 64.7 Å². The number of rotatable bonds is 6. The number of amides is 1. The predicted octanol–water partition coefficient (Wildman–Crippen LogP) is 2.96. The molecule has 4 aliphatic rings. The highest BCUT2D eigenvalue weighted by Crippen LogP contribution is 2.61. The molecule has 4 heteroatoms. The second kappa shape index (κ2) is 5.62. The molecule has 0 aromatic heterocycles. The molecule has 2 N–H and O–H groups in total. The van der Waals surface area contributed by atoms with E-state index in [1.165, 1.54) is 38.5 Å². The van der Waals surface area contributed by atoms with Crippen molar-refractivity contribution in [3.05, 3.63) is 0 Å². The molecule has 0 saturated heterocycles. The van der Waals surface area contributed by atoms with Gasteiger partial charge in [-0.2, -0.15) is 0 Å². The molecule has 1 amide bonds. The van der Waals surface area contributed by atoms with Crippen LogP contribution in [0.15, 0.2) is 0 Å². The lowest BCUT2D eigenvalue weighted by Gasteiger charge is -2.56. The van der Waals surface area contributed by atoms with Gasteiger partial charge in [-0.25, -0.2) is 4.79 Å². The maximum Gasteiger partial charge on any atom is 0.326 e. The van der Waals surface area contributed by atoms with Gasteiger partial charge in [-0.3, -0.25) is 4.79 Å². The van der Waals surface area contributed by atoms with E-state index in [1.807, 2.05) is 6.92 Å². The summed E-state index contributed by atoms with van der Waals surface area (Å²) in [6.45, 7) is 1.95. The summed E-state index contributed by atoms with van der Waals surface area (Å²) >= 11 is 0. The van der Waals surface area contributed by atoms with Gasteiger partial charge in [0.05, 0.1) is 0 Å². The Morgan fingerprint density at radius 2 is 1.67 bits per heavy atom. The van der Waals surface area contributed by atoms with E-state index in [9.17, 15) is 9.59 Å². The number of carboxylic acids is 1. The van der Waals surface area contributed by atoms with Crippen LogP contribution in [0.3, 0.4) is 0 Å². The smallest absolute Gasteiger partial charge is 0.326 e. The molecule has 0 heterocycles. The zero-order valence-electron chi connectivity index (χ0n) is 12.9. The second-order valence-electron chi connectivity index (χ2n) is 7.84. The minimum Gasteiger partial charge on any atom is -0.480 e. The van der Waals surface area contributed by atoms with Crippen LogP contribution >= 0.6 is 0 Å². The van der Waals surface area contributed by atoms with Crippen LogP contribution in [-0.2, 0) is 9.59 Å². The van der Waals surface area contributed by atoms with Crippen molar-refractivity contribution in [1.82, 2.24) is 5.32 Å². The third-order valence-electron chi connectivity index (χ3n) is 5.91. The first-order chi connectivity index (χ1) is 9.99. The Balaban J connectivity index is 1.61. The molecule has 4 aliphatic carbocycles. The van der Waals surface area contributed by atoms with Crippen LogP contribution in [0.4, 0.5) is 0 Å². The second-order valence-corrected chi connectivity index (χ2v) is 7.84. The van der Waals surface area contributed by atoms with Crippen LogP contribution in [0, 0.1) is 23.2 Å². The van der Waals surface area contributed by atoms with E-state index in [0.29, 0.717) is 12.8 Å². The maximum absolute atomic E-state index is 12.3. The largest absolute Gasteiger partial charge is 0.480 e. The molecule has 4 nitrogen and oxygen atoms in total. The summed E-state index contributed by atoms with van der Waals surface area (Å²) in [7, 11) is 0. The molecule has 0 radical (unpaired) electrons. The Bertz CT molecular complexity index is 396. The molecular formula is C17H27NO3. The summed E-state index contributed by atoms with van der Waals surface area (Å²) in [5.74, 6) is 1.54. The van der Waals surface area contributed by atoms with Gasteiger partial charge in [0.2, 0.25) is 5.91 Å². The molecule has 0 unspecified atom stereocenters. The third-order valence-corrected chi connectivity index (χ3v) is 5.91. The third kappa shape index (κ3) is 3.09. The maximum atomic E-state index is 12.3. The number of aliphatic carboxylic acids is 1. The topological polar surface area (TPSA) is 66.4 Å². The Kier molecular flexibility index (Phi) is 3.98. The number of carboxylic acid groups (broad SMARTS) is 1. The average molecular weight is 293 g/mol. The van der Waals surface area contributed by atoms with Gasteiger partial charge < -0.3 is 10.4 Å². The number of hydrogen-bond acceptors (Lipinski definition) is 2. The average Bonchev–Trinajstić information content (AvgIpc) is 2.35. The Hall–Kier alpha value is -1.06. The highest BCUT2D eigenvalue weighted by molar-refractivity contribution is 5.83. The zero-order valence-corrected chi connectivity index (χ0v) is 12.9. The summed E-state index contributed by atoms with van der Waals surface area (Å²) in [4.78, 5) is 23.5. The summed E-state index contributed by atoms with van der Waals surface area (Å²) in [5.41, 5.74) is 0.189. The summed E-state index contributed by atoms with van der Waals surface area (Å²) < 4.78 is 0. The van der Waals surface area contributed by atoms with Crippen LogP contribution in [-0.4, -0.2) is 23.0 Å². The Labute approximate surface area is 126 Å². The van der Waals surface area contributed by atoms with Crippen LogP contribution in [0.2, 0.25) is 0 Å². The lowest BCUT2D eigenvalue weighted by atomic mass is 9.49. The molecule has 0 aromatic rings. The van der Waals surface area contributed by atoms with Crippen molar-refractivity contribution in [2.75, 3.05) is 0 Å². The van der Waals surface area contributed by atoms with Crippen LogP contribution in [0.5, 0.6) is 0 Å². The van der Waals surface area contributed by atoms with Gasteiger partial charge in [-0.15, -0.1) is 0 Å². The molecule has 21 heavy (non-hydrogen) atoms. The standard InChI is InChI=1S/C17H27NO3/c1-2-3-14(16(20)21)18-15(19)10-17-7-11-4-12(8-17)6-13(5-11)9-17/h11-14H,2-10H2,1H3,(H,18,19)(H,20,21)/t11?,12?,13?,14-,17?/m0/s1. The molecule has 4 fully saturated rings. The fraction of sp³-hybridized carbons (Fsp3) is 0.882. The van der Waals surface area contributed by atoms with E-state index in [-0.39, 0.29) is 11.3 Å². The van der Waals surface area contributed by atoms with E-state index >= 15 is 0 Å².